The Balaban J connectivity index is 2.76. The maximum absolute atomic E-state index is 4.52. The molecule has 0 bridgehead atoms. The highest BCUT2D eigenvalue weighted by Gasteiger charge is 2.21. The molecule has 0 aromatic heterocycles. The highest BCUT2D eigenvalue weighted by molar-refractivity contribution is 5.69. The van der Waals surface area contributed by atoms with E-state index >= 15 is 0 Å². The zero-order valence-electron chi connectivity index (χ0n) is 10.6. The Hall–Kier alpha value is -1.37. The molecule has 0 spiro atoms. The minimum Gasteiger partial charge on any atom is -0.261 e. The van der Waals surface area contributed by atoms with Gasteiger partial charge in [0.2, 0.25) is 0 Å². The first kappa shape index (κ1) is 12.7. The van der Waals surface area contributed by atoms with Crippen molar-refractivity contribution in [3.05, 3.63) is 42.5 Å². The molecule has 0 aliphatic heterocycles. The van der Waals surface area contributed by atoms with E-state index in [1.165, 1.54) is 0 Å². The first-order chi connectivity index (χ1) is 7.56. The molecule has 1 aromatic rings. The van der Waals surface area contributed by atoms with Crippen molar-refractivity contribution in [1.82, 2.24) is 0 Å². The molecule has 1 atom stereocenters. The summed E-state index contributed by atoms with van der Waals surface area (Å²) in [5.41, 5.74) is 1.10. The van der Waals surface area contributed by atoms with Gasteiger partial charge in [-0.25, -0.2) is 0 Å². The molecule has 0 saturated heterocycles. The lowest BCUT2D eigenvalue weighted by atomic mass is 9.81. The minimum atomic E-state index is 0.0857. The molecule has 0 saturated carbocycles. The molecule has 1 aromatic carbocycles. The molecule has 86 valence electrons. The molecule has 0 radical (unpaired) electrons. The van der Waals surface area contributed by atoms with Crippen LogP contribution in [0.5, 0.6) is 0 Å². The molecule has 1 heteroatoms. The van der Waals surface area contributed by atoms with Gasteiger partial charge in [-0.15, -0.1) is 0 Å². The van der Waals surface area contributed by atoms with Crippen LogP contribution in [0, 0.1) is 11.3 Å². The Kier molecular flexibility index (Phi) is 4.48. The van der Waals surface area contributed by atoms with Crippen LogP contribution in [0.25, 0.3) is 0 Å². The number of nitrogens with zero attached hydrogens (tertiary/aromatic N) is 1. The summed E-state index contributed by atoms with van der Waals surface area (Å²) in [6.45, 7) is 8.70. The first-order valence-corrected chi connectivity index (χ1v) is 5.79. The quantitative estimate of drug-likeness (QED) is 0.513. The SMILES string of the molecule is C/C=C/C(C)C(C)(C)C=Nc1ccccc1. The smallest absolute Gasteiger partial charge is 0.0625 e. The lowest BCUT2D eigenvalue weighted by molar-refractivity contribution is 0.412. The average Bonchev–Trinajstić information content (AvgIpc) is 2.28. The Bertz CT molecular complexity index is 360. The molecular formula is C15H21N. The van der Waals surface area contributed by atoms with E-state index in [0.29, 0.717) is 5.92 Å². The number of allylic oxidation sites excluding steroid dienone is 2. The van der Waals surface area contributed by atoms with Crippen LogP contribution in [0.4, 0.5) is 5.69 Å². The second kappa shape index (κ2) is 5.64. The van der Waals surface area contributed by atoms with Gasteiger partial charge in [-0.05, 0) is 25.0 Å². The van der Waals surface area contributed by atoms with Crippen molar-refractivity contribution in [1.29, 1.82) is 0 Å². The van der Waals surface area contributed by atoms with Crippen molar-refractivity contribution in [2.24, 2.45) is 16.3 Å². The summed E-state index contributed by atoms with van der Waals surface area (Å²) in [5.74, 6) is 0.491. The van der Waals surface area contributed by atoms with Gasteiger partial charge < -0.3 is 0 Å². The van der Waals surface area contributed by atoms with E-state index in [2.05, 4.69) is 44.8 Å². The van der Waals surface area contributed by atoms with Crippen LogP contribution >= 0.6 is 0 Å². The van der Waals surface area contributed by atoms with Crippen LogP contribution in [0.1, 0.15) is 27.7 Å². The molecule has 0 aliphatic rings. The monoisotopic (exact) mass is 215 g/mol. The Morgan fingerprint density at radius 1 is 1.19 bits per heavy atom. The highest BCUT2D eigenvalue weighted by atomic mass is 14.7. The van der Waals surface area contributed by atoms with Crippen LogP contribution in [0.3, 0.4) is 0 Å². The molecule has 0 fully saturated rings. The predicted octanol–water partition coefficient (Wildman–Crippen LogP) is 4.63. The van der Waals surface area contributed by atoms with E-state index in [4.69, 9.17) is 0 Å². The minimum absolute atomic E-state index is 0.0857. The topological polar surface area (TPSA) is 12.4 Å². The average molecular weight is 215 g/mol. The number of rotatable bonds is 4. The third-order valence-electron chi connectivity index (χ3n) is 2.96. The van der Waals surface area contributed by atoms with Crippen molar-refractivity contribution in [3.8, 4) is 0 Å². The summed E-state index contributed by atoms with van der Waals surface area (Å²) < 4.78 is 0. The zero-order valence-corrected chi connectivity index (χ0v) is 10.6. The normalized spacial score (nSPS) is 14.8. The maximum atomic E-state index is 4.52. The van der Waals surface area contributed by atoms with Gasteiger partial charge in [-0.2, -0.15) is 0 Å². The molecule has 0 heterocycles. The number of para-hydroxylation sites is 1. The van der Waals surface area contributed by atoms with E-state index in [-0.39, 0.29) is 5.41 Å². The largest absolute Gasteiger partial charge is 0.261 e. The van der Waals surface area contributed by atoms with Crippen LogP contribution in [0.15, 0.2) is 47.5 Å². The molecule has 0 N–H and O–H groups in total. The fourth-order valence-electron chi connectivity index (χ4n) is 1.41. The third kappa shape index (κ3) is 3.65. The lowest BCUT2D eigenvalue weighted by Crippen LogP contribution is -2.21. The summed E-state index contributed by atoms with van der Waals surface area (Å²) >= 11 is 0. The van der Waals surface area contributed by atoms with Gasteiger partial charge in [0.25, 0.3) is 0 Å². The van der Waals surface area contributed by atoms with Gasteiger partial charge in [0.15, 0.2) is 0 Å². The Labute approximate surface area is 98.9 Å². The standard InChI is InChI=1S/C15H21N/c1-5-9-13(2)15(3,4)12-16-14-10-7-6-8-11-14/h5-13H,1-4H3/b9-5+,16-12?. The van der Waals surface area contributed by atoms with Gasteiger partial charge in [0.1, 0.15) is 0 Å². The van der Waals surface area contributed by atoms with Crippen molar-refractivity contribution in [3.63, 3.8) is 0 Å². The molecular weight excluding hydrogens is 194 g/mol. The number of benzene rings is 1. The maximum Gasteiger partial charge on any atom is 0.0625 e. The summed E-state index contributed by atoms with van der Waals surface area (Å²) in [6, 6.07) is 10.1. The van der Waals surface area contributed by atoms with Crippen molar-refractivity contribution < 1.29 is 0 Å². The van der Waals surface area contributed by atoms with Crippen LogP contribution in [-0.4, -0.2) is 6.21 Å². The van der Waals surface area contributed by atoms with Crippen LogP contribution in [0.2, 0.25) is 0 Å². The molecule has 1 rings (SSSR count). The molecule has 1 nitrogen and oxygen atoms in total. The second-order valence-corrected chi connectivity index (χ2v) is 4.73. The van der Waals surface area contributed by atoms with Gasteiger partial charge >= 0.3 is 0 Å². The molecule has 16 heavy (non-hydrogen) atoms. The van der Waals surface area contributed by atoms with Crippen LogP contribution < -0.4 is 0 Å². The molecule has 1 unspecified atom stereocenters. The van der Waals surface area contributed by atoms with E-state index in [0.717, 1.165) is 5.69 Å². The summed E-state index contributed by atoms with van der Waals surface area (Å²) in [5, 5.41) is 0. The summed E-state index contributed by atoms with van der Waals surface area (Å²) in [7, 11) is 0. The van der Waals surface area contributed by atoms with Gasteiger partial charge in [0.05, 0.1) is 5.69 Å². The summed E-state index contributed by atoms with van der Waals surface area (Å²) in [6.07, 6.45) is 6.37. The number of hydrogen-bond donors (Lipinski definition) is 0. The van der Waals surface area contributed by atoms with E-state index in [1.54, 1.807) is 0 Å². The van der Waals surface area contributed by atoms with Gasteiger partial charge in [-0.1, -0.05) is 51.1 Å². The lowest BCUT2D eigenvalue weighted by Gasteiger charge is -2.24. The highest BCUT2D eigenvalue weighted by Crippen LogP contribution is 2.26. The Morgan fingerprint density at radius 2 is 1.81 bits per heavy atom. The van der Waals surface area contributed by atoms with E-state index in [9.17, 15) is 0 Å². The van der Waals surface area contributed by atoms with Crippen molar-refractivity contribution >= 4 is 11.9 Å². The van der Waals surface area contributed by atoms with E-state index in [1.807, 2.05) is 36.5 Å². The molecule has 0 amide bonds. The Morgan fingerprint density at radius 3 is 2.38 bits per heavy atom. The predicted molar refractivity (Wildman–Crippen MR) is 72.4 cm³/mol. The third-order valence-corrected chi connectivity index (χ3v) is 2.96. The fourth-order valence-corrected chi connectivity index (χ4v) is 1.41. The van der Waals surface area contributed by atoms with Gasteiger partial charge in [0, 0.05) is 11.6 Å². The number of hydrogen-bond acceptors (Lipinski definition) is 1. The van der Waals surface area contributed by atoms with Crippen LogP contribution in [-0.2, 0) is 0 Å². The van der Waals surface area contributed by atoms with Crippen molar-refractivity contribution in [2.75, 3.05) is 0 Å². The number of aliphatic imine (C=N–C) groups is 1. The zero-order chi connectivity index (χ0) is 12.0. The first-order valence-electron chi connectivity index (χ1n) is 5.79. The van der Waals surface area contributed by atoms with Crippen molar-refractivity contribution in [2.45, 2.75) is 27.7 Å². The van der Waals surface area contributed by atoms with Gasteiger partial charge in [-0.3, -0.25) is 4.99 Å². The second-order valence-electron chi connectivity index (χ2n) is 4.73. The van der Waals surface area contributed by atoms with E-state index < -0.39 is 0 Å². The molecule has 0 aliphatic carbocycles. The summed E-state index contributed by atoms with van der Waals surface area (Å²) in [4.78, 5) is 4.52. The fraction of sp³-hybridized carbons (Fsp3) is 0.400.